The van der Waals surface area contributed by atoms with Crippen LogP contribution in [0.2, 0.25) is 0 Å². The molecule has 1 aliphatic carbocycles. The maximum Gasteiger partial charge on any atom is 0.00978 e. The first-order chi connectivity index (χ1) is 7.86. The van der Waals surface area contributed by atoms with E-state index < -0.39 is 0 Å². The molecule has 0 nitrogen and oxygen atoms in total. The second kappa shape index (κ2) is 3.79. The van der Waals surface area contributed by atoms with Crippen LogP contribution in [0.1, 0.15) is 41.9 Å². The van der Waals surface area contributed by atoms with Gasteiger partial charge in [0.05, 0.1) is 0 Å². The molecule has 2 aromatic rings. The minimum Gasteiger partial charge on any atom is -0.0622 e. The van der Waals surface area contributed by atoms with Gasteiger partial charge in [0.25, 0.3) is 0 Å². The Kier molecular flexibility index (Phi) is 2.28. The summed E-state index contributed by atoms with van der Waals surface area (Å²) < 4.78 is 0. The van der Waals surface area contributed by atoms with Crippen molar-refractivity contribution in [1.82, 2.24) is 0 Å². The molecule has 16 heavy (non-hydrogen) atoms. The van der Waals surface area contributed by atoms with Gasteiger partial charge < -0.3 is 0 Å². The van der Waals surface area contributed by atoms with Crippen LogP contribution in [0.4, 0.5) is 0 Å². The van der Waals surface area contributed by atoms with Crippen LogP contribution in [0.15, 0.2) is 54.6 Å². The van der Waals surface area contributed by atoms with E-state index in [1.54, 1.807) is 0 Å². The topological polar surface area (TPSA) is 0 Å². The molecule has 2 aromatic carbocycles. The van der Waals surface area contributed by atoms with Crippen LogP contribution >= 0.6 is 0 Å². The molecule has 0 spiro atoms. The molecule has 0 aromatic heterocycles. The molecule has 0 amide bonds. The summed E-state index contributed by atoms with van der Waals surface area (Å²) in [6.07, 6.45) is 1.25. The van der Waals surface area contributed by atoms with Crippen molar-refractivity contribution in [3.63, 3.8) is 0 Å². The standard InChI is InChI=1S/C16H16/c1-12-11-16(13-7-3-2-4-8-13)15-10-6-5-9-14(12)15/h2-10,12,16H,11H2,1H3/t12-,16+/m0/s1. The second-order valence-electron chi connectivity index (χ2n) is 4.73. The van der Waals surface area contributed by atoms with Gasteiger partial charge in [0.15, 0.2) is 0 Å². The third-order valence-electron chi connectivity index (χ3n) is 3.69. The molecule has 0 unspecified atom stereocenters. The van der Waals surface area contributed by atoms with E-state index in [-0.39, 0.29) is 0 Å². The fourth-order valence-corrected chi connectivity index (χ4v) is 2.89. The zero-order valence-electron chi connectivity index (χ0n) is 9.56. The van der Waals surface area contributed by atoms with Gasteiger partial charge in [-0.05, 0) is 29.0 Å². The fraction of sp³-hybridized carbons (Fsp3) is 0.250. The van der Waals surface area contributed by atoms with Crippen molar-refractivity contribution < 1.29 is 0 Å². The highest BCUT2D eigenvalue weighted by Gasteiger charge is 2.28. The van der Waals surface area contributed by atoms with Crippen molar-refractivity contribution in [2.75, 3.05) is 0 Å². The molecule has 80 valence electrons. The van der Waals surface area contributed by atoms with Crippen molar-refractivity contribution in [2.24, 2.45) is 0 Å². The maximum atomic E-state index is 2.34. The summed E-state index contributed by atoms with van der Waals surface area (Å²) in [7, 11) is 0. The second-order valence-corrected chi connectivity index (χ2v) is 4.73. The van der Waals surface area contributed by atoms with Crippen LogP contribution in [-0.4, -0.2) is 0 Å². The molecule has 0 saturated carbocycles. The summed E-state index contributed by atoms with van der Waals surface area (Å²) in [5.74, 6) is 1.30. The summed E-state index contributed by atoms with van der Waals surface area (Å²) in [4.78, 5) is 0. The van der Waals surface area contributed by atoms with Gasteiger partial charge >= 0.3 is 0 Å². The highest BCUT2D eigenvalue weighted by atomic mass is 14.3. The fourth-order valence-electron chi connectivity index (χ4n) is 2.89. The summed E-state index contributed by atoms with van der Waals surface area (Å²) in [6.45, 7) is 2.34. The Morgan fingerprint density at radius 3 is 2.19 bits per heavy atom. The van der Waals surface area contributed by atoms with Gasteiger partial charge in [-0.3, -0.25) is 0 Å². The lowest BCUT2D eigenvalue weighted by Crippen LogP contribution is -1.95. The number of hydrogen-bond donors (Lipinski definition) is 0. The highest BCUT2D eigenvalue weighted by molar-refractivity contribution is 5.44. The monoisotopic (exact) mass is 208 g/mol. The lowest BCUT2D eigenvalue weighted by Gasteiger charge is -2.11. The summed E-state index contributed by atoms with van der Waals surface area (Å²) in [6, 6.07) is 19.8. The summed E-state index contributed by atoms with van der Waals surface area (Å²) >= 11 is 0. The van der Waals surface area contributed by atoms with Gasteiger partial charge in [0, 0.05) is 5.92 Å². The van der Waals surface area contributed by atoms with Crippen LogP contribution in [-0.2, 0) is 0 Å². The van der Waals surface area contributed by atoms with E-state index >= 15 is 0 Å². The quantitative estimate of drug-likeness (QED) is 0.654. The highest BCUT2D eigenvalue weighted by Crippen LogP contribution is 2.44. The zero-order valence-corrected chi connectivity index (χ0v) is 9.56. The Bertz CT molecular complexity index is 484. The van der Waals surface area contributed by atoms with E-state index in [4.69, 9.17) is 0 Å². The van der Waals surface area contributed by atoms with Gasteiger partial charge in [-0.1, -0.05) is 61.5 Å². The maximum absolute atomic E-state index is 2.34. The van der Waals surface area contributed by atoms with E-state index in [0.29, 0.717) is 11.8 Å². The molecule has 0 radical (unpaired) electrons. The van der Waals surface area contributed by atoms with Crippen molar-refractivity contribution in [3.8, 4) is 0 Å². The third kappa shape index (κ3) is 1.46. The van der Waals surface area contributed by atoms with Gasteiger partial charge in [0.2, 0.25) is 0 Å². The molecule has 0 fully saturated rings. The Balaban J connectivity index is 2.07. The predicted octanol–water partition coefficient (Wildman–Crippen LogP) is 4.33. The number of fused-ring (bicyclic) bond motifs is 1. The molecular weight excluding hydrogens is 192 g/mol. The molecule has 0 aliphatic heterocycles. The van der Waals surface area contributed by atoms with E-state index in [0.717, 1.165) is 0 Å². The van der Waals surface area contributed by atoms with Crippen LogP contribution in [0.3, 0.4) is 0 Å². The minimum atomic E-state index is 0.604. The first-order valence-electron chi connectivity index (χ1n) is 6.00. The van der Waals surface area contributed by atoms with E-state index in [1.807, 2.05) is 0 Å². The van der Waals surface area contributed by atoms with Crippen LogP contribution in [0.5, 0.6) is 0 Å². The van der Waals surface area contributed by atoms with Crippen molar-refractivity contribution >= 4 is 0 Å². The predicted molar refractivity (Wildman–Crippen MR) is 67.8 cm³/mol. The average molecular weight is 208 g/mol. The molecule has 1 aliphatic rings. The smallest absolute Gasteiger partial charge is 0.00978 e. The Labute approximate surface area is 96.9 Å². The van der Waals surface area contributed by atoms with Crippen LogP contribution < -0.4 is 0 Å². The normalized spacial score (nSPS) is 23.1. The zero-order chi connectivity index (χ0) is 11.0. The lowest BCUT2D eigenvalue weighted by molar-refractivity contribution is 0.686. The molecule has 0 heterocycles. The summed E-state index contributed by atoms with van der Waals surface area (Å²) in [5, 5.41) is 0. The molecule has 0 bridgehead atoms. The lowest BCUT2D eigenvalue weighted by atomic mass is 9.93. The average Bonchev–Trinajstić information content (AvgIpc) is 2.69. The van der Waals surface area contributed by atoms with Crippen molar-refractivity contribution in [1.29, 1.82) is 0 Å². The van der Waals surface area contributed by atoms with E-state index in [9.17, 15) is 0 Å². The first-order valence-corrected chi connectivity index (χ1v) is 6.00. The Hall–Kier alpha value is -1.56. The molecular formula is C16H16. The molecule has 2 atom stereocenters. The molecule has 3 rings (SSSR count). The van der Waals surface area contributed by atoms with Gasteiger partial charge in [-0.15, -0.1) is 0 Å². The van der Waals surface area contributed by atoms with Gasteiger partial charge in [-0.2, -0.15) is 0 Å². The van der Waals surface area contributed by atoms with Gasteiger partial charge in [-0.25, -0.2) is 0 Å². The van der Waals surface area contributed by atoms with E-state index in [1.165, 1.54) is 23.1 Å². The number of hydrogen-bond acceptors (Lipinski definition) is 0. The summed E-state index contributed by atoms with van der Waals surface area (Å²) in [5.41, 5.74) is 4.52. The Morgan fingerprint density at radius 1 is 0.812 bits per heavy atom. The SMILES string of the molecule is C[C@H]1C[C@H](c2ccccc2)c2ccccc21. The first kappa shape index (κ1) is 9.65. The molecule has 0 N–H and O–H groups in total. The van der Waals surface area contributed by atoms with E-state index in [2.05, 4.69) is 61.5 Å². The van der Waals surface area contributed by atoms with Crippen molar-refractivity contribution in [3.05, 3.63) is 71.3 Å². The van der Waals surface area contributed by atoms with Crippen LogP contribution in [0, 0.1) is 0 Å². The molecule has 0 heteroatoms. The third-order valence-corrected chi connectivity index (χ3v) is 3.69. The van der Waals surface area contributed by atoms with Gasteiger partial charge in [0.1, 0.15) is 0 Å². The number of benzene rings is 2. The minimum absolute atomic E-state index is 0.604. The molecule has 0 saturated heterocycles. The largest absolute Gasteiger partial charge is 0.0622 e. The number of rotatable bonds is 1. The van der Waals surface area contributed by atoms with Crippen LogP contribution in [0.25, 0.3) is 0 Å². The Morgan fingerprint density at radius 2 is 1.44 bits per heavy atom. The van der Waals surface area contributed by atoms with Crippen molar-refractivity contribution in [2.45, 2.75) is 25.2 Å².